The highest BCUT2D eigenvalue weighted by atomic mass is 16.1. The molecule has 0 radical (unpaired) electrons. The minimum absolute atomic E-state index is 0.0395. The number of nitrogens with two attached hydrogens (primary N) is 1. The third-order valence-corrected chi connectivity index (χ3v) is 8.18. The van der Waals surface area contributed by atoms with Crippen molar-refractivity contribution in [1.82, 2.24) is 19.5 Å². The Kier molecular flexibility index (Phi) is 7.02. The van der Waals surface area contributed by atoms with Crippen molar-refractivity contribution in [2.45, 2.75) is 59.3 Å². The molecule has 1 aromatic carbocycles. The smallest absolute Gasteiger partial charge is 0.275 e. The number of benzene rings is 1. The third kappa shape index (κ3) is 5.26. The molecule has 0 spiro atoms. The van der Waals surface area contributed by atoms with E-state index in [-0.39, 0.29) is 11.0 Å². The summed E-state index contributed by atoms with van der Waals surface area (Å²) in [5, 5.41) is 1.19. The fraction of sp³-hybridized carbons (Fsp3) is 0.552. The third-order valence-electron chi connectivity index (χ3n) is 8.18. The van der Waals surface area contributed by atoms with Crippen LogP contribution in [0.25, 0.3) is 10.9 Å². The fourth-order valence-electron chi connectivity index (χ4n) is 5.70. The number of fused-ring (bicyclic) bond motifs is 2. The van der Waals surface area contributed by atoms with Crippen molar-refractivity contribution in [1.29, 1.82) is 0 Å². The molecule has 1 saturated heterocycles. The quantitative estimate of drug-likeness (QED) is 0.420. The van der Waals surface area contributed by atoms with Crippen LogP contribution in [0.1, 0.15) is 57.1 Å². The first-order valence-corrected chi connectivity index (χ1v) is 13.5. The summed E-state index contributed by atoms with van der Waals surface area (Å²) < 4.78 is 1.32. The number of aromatic nitrogens is 3. The van der Waals surface area contributed by atoms with E-state index in [0.29, 0.717) is 5.92 Å². The Morgan fingerprint density at radius 3 is 2.56 bits per heavy atom. The van der Waals surface area contributed by atoms with Crippen molar-refractivity contribution in [3.8, 4) is 0 Å². The molecular weight excluding hydrogens is 448 g/mol. The number of nitrogens with zero attached hydrogens (tertiary/aromatic N) is 5. The normalized spacial score (nSPS) is 19.0. The van der Waals surface area contributed by atoms with Crippen LogP contribution in [0.4, 0.5) is 5.82 Å². The summed E-state index contributed by atoms with van der Waals surface area (Å²) in [4.78, 5) is 27.6. The van der Waals surface area contributed by atoms with Crippen molar-refractivity contribution in [2.75, 3.05) is 43.5 Å². The van der Waals surface area contributed by atoms with Gasteiger partial charge in [-0.2, -0.15) is 0 Å². The minimum atomic E-state index is -0.0395. The van der Waals surface area contributed by atoms with Crippen molar-refractivity contribution in [2.24, 2.45) is 11.3 Å². The summed E-state index contributed by atoms with van der Waals surface area (Å²) in [6.07, 6.45) is 5.59. The molecule has 0 bridgehead atoms. The second-order valence-electron chi connectivity index (χ2n) is 11.6. The van der Waals surface area contributed by atoms with Gasteiger partial charge in [0.25, 0.3) is 5.56 Å². The maximum absolute atomic E-state index is 13.0. The first-order valence-electron chi connectivity index (χ1n) is 13.5. The summed E-state index contributed by atoms with van der Waals surface area (Å²) in [5.74, 6) is 8.52. The molecule has 1 atom stereocenters. The summed E-state index contributed by atoms with van der Waals surface area (Å²) >= 11 is 0. The molecule has 7 heteroatoms. The van der Waals surface area contributed by atoms with Gasteiger partial charge in [0.05, 0.1) is 11.2 Å². The first kappa shape index (κ1) is 24.8. The van der Waals surface area contributed by atoms with Gasteiger partial charge in [-0.3, -0.25) is 9.69 Å². The lowest BCUT2D eigenvalue weighted by Crippen LogP contribution is -2.46. The molecule has 5 rings (SSSR count). The van der Waals surface area contributed by atoms with Crippen LogP contribution >= 0.6 is 0 Å². The van der Waals surface area contributed by atoms with Crippen LogP contribution in [0, 0.1) is 11.3 Å². The molecule has 192 valence electrons. The highest BCUT2D eigenvalue weighted by Crippen LogP contribution is 2.35. The van der Waals surface area contributed by atoms with Crippen LogP contribution in [0.3, 0.4) is 0 Å². The zero-order chi connectivity index (χ0) is 25.3. The second kappa shape index (κ2) is 10.2. The molecule has 1 aliphatic heterocycles. The number of piperazine rings is 1. The lowest BCUT2D eigenvalue weighted by molar-refractivity contribution is 0.213. The summed E-state index contributed by atoms with van der Waals surface area (Å²) in [7, 11) is 0. The van der Waals surface area contributed by atoms with Gasteiger partial charge in [0.1, 0.15) is 11.6 Å². The molecular formula is C29H40N6O. The molecule has 0 amide bonds. The molecule has 2 N–H and O–H groups in total. The lowest BCUT2D eigenvalue weighted by atomic mass is 9.72. The van der Waals surface area contributed by atoms with Crippen molar-refractivity contribution in [3.05, 3.63) is 63.8 Å². The number of hydrogen-bond acceptors (Lipinski definition) is 6. The Morgan fingerprint density at radius 2 is 1.78 bits per heavy atom. The van der Waals surface area contributed by atoms with E-state index in [4.69, 9.17) is 15.8 Å². The average molecular weight is 489 g/mol. The monoisotopic (exact) mass is 488 g/mol. The summed E-state index contributed by atoms with van der Waals surface area (Å²) in [5.41, 5.74) is 3.03. The van der Waals surface area contributed by atoms with Crippen LogP contribution in [0.5, 0.6) is 0 Å². The average Bonchev–Trinajstić information content (AvgIpc) is 2.88. The molecule has 0 saturated carbocycles. The zero-order valence-electron chi connectivity index (χ0n) is 22.0. The maximum Gasteiger partial charge on any atom is 0.275 e. The van der Waals surface area contributed by atoms with Gasteiger partial charge < -0.3 is 10.7 Å². The minimum Gasteiger partial charge on any atom is -0.354 e. The number of rotatable bonds is 6. The standard InChI is InChI=1S/C29H40N6O/c1-29(2,3)22-12-13-25-23(20-22)28(36)35(30)27(32-25)10-6-7-15-33-16-18-34(19-17-33)26-14-11-21-8-4-5-9-24(21)31-26/h4-5,8-9,11,14,22H,6-7,10,12-13,15-20,30H2,1-3H3. The van der Waals surface area contributed by atoms with Crippen LogP contribution in [-0.4, -0.2) is 52.3 Å². The molecule has 3 aromatic rings. The van der Waals surface area contributed by atoms with E-state index in [9.17, 15) is 4.79 Å². The SMILES string of the molecule is CC(C)(C)C1CCc2nc(CCCCN3CCN(c4ccc5ccccc5n4)CC3)n(N)c(=O)c2C1. The lowest BCUT2D eigenvalue weighted by Gasteiger charge is -2.35. The van der Waals surface area contributed by atoms with Gasteiger partial charge in [-0.1, -0.05) is 39.0 Å². The Labute approximate surface area is 214 Å². The van der Waals surface area contributed by atoms with Gasteiger partial charge in [-0.15, -0.1) is 0 Å². The van der Waals surface area contributed by atoms with Crippen LogP contribution < -0.4 is 16.3 Å². The maximum atomic E-state index is 13.0. The van der Waals surface area contributed by atoms with E-state index in [2.05, 4.69) is 60.9 Å². The predicted octanol–water partition coefficient (Wildman–Crippen LogP) is 3.80. The van der Waals surface area contributed by atoms with E-state index in [0.717, 1.165) is 99.7 Å². The Morgan fingerprint density at radius 1 is 1.00 bits per heavy atom. The molecule has 36 heavy (non-hydrogen) atoms. The van der Waals surface area contributed by atoms with E-state index < -0.39 is 0 Å². The number of hydrogen-bond donors (Lipinski definition) is 1. The van der Waals surface area contributed by atoms with Gasteiger partial charge in [0.15, 0.2) is 0 Å². The van der Waals surface area contributed by atoms with Gasteiger partial charge in [0, 0.05) is 43.5 Å². The topological polar surface area (TPSA) is 80.3 Å². The van der Waals surface area contributed by atoms with E-state index >= 15 is 0 Å². The summed E-state index contributed by atoms with van der Waals surface area (Å²) in [6.45, 7) is 11.9. The number of unbranched alkanes of at least 4 members (excludes halogenated alkanes) is 1. The molecule has 1 aliphatic carbocycles. The number of pyridine rings is 1. The van der Waals surface area contributed by atoms with Crippen LogP contribution in [-0.2, 0) is 19.3 Å². The Balaban J connectivity index is 1.11. The Bertz CT molecular complexity index is 1270. The van der Waals surface area contributed by atoms with Gasteiger partial charge >= 0.3 is 0 Å². The van der Waals surface area contributed by atoms with Gasteiger partial charge in [0.2, 0.25) is 0 Å². The van der Waals surface area contributed by atoms with Gasteiger partial charge in [-0.25, -0.2) is 14.6 Å². The van der Waals surface area contributed by atoms with Crippen molar-refractivity contribution in [3.63, 3.8) is 0 Å². The van der Waals surface area contributed by atoms with Crippen molar-refractivity contribution < 1.29 is 0 Å². The predicted molar refractivity (Wildman–Crippen MR) is 147 cm³/mol. The Hall–Kier alpha value is -2.93. The fourth-order valence-corrected chi connectivity index (χ4v) is 5.70. The van der Waals surface area contributed by atoms with E-state index in [1.807, 2.05) is 6.07 Å². The number of nitrogen functional groups attached to an aromatic ring is 1. The largest absolute Gasteiger partial charge is 0.354 e. The number of anilines is 1. The molecule has 3 heterocycles. The van der Waals surface area contributed by atoms with E-state index in [1.54, 1.807) is 0 Å². The number of para-hydroxylation sites is 1. The number of aryl methyl sites for hydroxylation is 2. The first-order chi connectivity index (χ1) is 17.3. The highest BCUT2D eigenvalue weighted by Gasteiger charge is 2.31. The highest BCUT2D eigenvalue weighted by molar-refractivity contribution is 5.80. The van der Waals surface area contributed by atoms with Crippen LogP contribution in [0.2, 0.25) is 0 Å². The molecule has 7 nitrogen and oxygen atoms in total. The molecule has 1 fully saturated rings. The van der Waals surface area contributed by atoms with Crippen LogP contribution in [0.15, 0.2) is 41.2 Å². The second-order valence-corrected chi connectivity index (χ2v) is 11.6. The zero-order valence-corrected chi connectivity index (χ0v) is 22.0. The molecule has 1 unspecified atom stereocenters. The van der Waals surface area contributed by atoms with Crippen molar-refractivity contribution >= 4 is 16.7 Å². The van der Waals surface area contributed by atoms with E-state index in [1.165, 1.54) is 10.1 Å². The molecule has 2 aromatic heterocycles. The van der Waals surface area contributed by atoms with Gasteiger partial charge in [-0.05, 0) is 68.2 Å². The molecule has 2 aliphatic rings. The summed E-state index contributed by atoms with van der Waals surface area (Å²) in [6, 6.07) is 12.6.